The number of hydrogen-bond acceptors (Lipinski definition) is 3. The lowest BCUT2D eigenvalue weighted by atomic mass is 9.57. The van der Waals surface area contributed by atoms with Gasteiger partial charge in [0.1, 0.15) is 0 Å². The molecule has 0 aromatic carbocycles. The summed E-state index contributed by atoms with van der Waals surface area (Å²) in [5.74, 6) is 3.05. The van der Waals surface area contributed by atoms with Crippen molar-refractivity contribution in [3.8, 4) is 0 Å². The van der Waals surface area contributed by atoms with Crippen LogP contribution in [0.3, 0.4) is 0 Å². The highest BCUT2D eigenvalue weighted by atomic mass is 16.5. The summed E-state index contributed by atoms with van der Waals surface area (Å²) in [5.41, 5.74) is 5.61. The van der Waals surface area contributed by atoms with Gasteiger partial charge in [0, 0.05) is 25.2 Å². The van der Waals surface area contributed by atoms with E-state index < -0.39 is 5.60 Å². The lowest BCUT2D eigenvalue weighted by Gasteiger charge is -2.53. The van der Waals surface area contributed by atoms with Crippen molar-refractivity contribution in [1.82, 2.24) is 0 Å². The summed E-state index contributed by atoms with van der Waals surface area (Å²) in [5, 5.41) is 11.6. The summed E-state index contributed by atoms with van der Waals surface area (Å²) in [4.78, 5) is 0. The van der Waals surface area contributed by atoms with Gasteiger partial charge < -0.3 is 15.6 Å². The normalized spacial score (nSPS) is 51.5. The third-order valence-electron chi connectivity index (χ3n) is 7.25. The molecule has 1 aliphatic heterocycles. The molecular formula is C16H27NO2. The molecule has 3 heteroatoms. The maximum atomic E-state index is 11.6. The van der Waals surface area contributed by atoms with E-state index in [0.717, 1.165) is 50.2 Å². The first-order valence-corrected chi connectivity index (χ1v) is 8.20. The molecule has 2 bridgehead atoms. The predicted molar refractivity (Wildman–Crippen MR) is 73.5 cm³/mol. The second-order valence-corrected chi connectivity index (χ2v) is 7.59. The number of aliphatic hydroxyl groups is 1. The van der Waals surface area contributed by atoms with Gasteiger partial charge in [-0.25, -0.2) is 0 Å². The van der Waals surface area contributed by atoms with Crippen molar-refractivity contribution >= 4 is 0 Å². The fraction of sp³-hybridized carbons (Fsp3) is 1.00. The van der Waals surface area contributed by atoms with Crippen molar-refractivity contribution in [3.05, 3.63) is 0 Å². The molecule has 0 spiro atoms. The standard InChI is InChI=1S/C16H27NO2/c17-10-15(4-6-19-7-5-15)16(18)9-11-8-14(16)13-3-1-2-12(11)13/h11-14,18H,1-10,17H2. The van der Waals surface area contributed by atoms with Gasteiger partial charge in [0.2, 0.25) is 0 Å². The Kier molecular flexibility index (Phi) is 2.78. The van der Waals surface area contributed by atoms with Crippen molar-refractivity contribution in [2.75, 3.05) is 19.8 Å². The number of rotatable bonds is 2. The van der Waals surface area contributed by atoms with Crippen molar-refractivity contribution in [2.45, 2.75) is 50.5 Å². The van der Waals surface area contributed by atoms with E-state index in [2.05, 4.69) is 0 Å². The number of fused-ring (bicyclic) bond motifs is 5. The van der Waals surface area contributed by atoms with E-state index >= 15 is 0 Å². The molecule has 1 heterocycles. The summed E-state index contributed by atoms with van der Waals surface area (Å²) >= 11 is 0. The molecule has 4 fully saturated rings. The molecule has 0 aromatic rings. The Morgan fingerprint density at radius 1 is 1.16 bits per heavy atom. The van der Waals surface area contributed by atoms with Crippen LogP contribution in [0.4, 0.5) is 0 Å². The zero-order valence-electron chi connectivity index (χ0n) is 11.8. The Hall–Kier alpha value is -0.120. The van der Waals surface area contributed by atoms with Crippen LogP contribution in [0.1, 0.15) is 44.9 Å². The molecule has 0 radical (unpaired) electrons. The summed E-state index contributed by atoms with van der Waals surface area (Å²) in [7, 11) is 0. The average Bonchev–Trinajstić information content (AvgIpc) is 3.10. The Bertz CT molecular complexity index is 366. The summed E-state index contributed by atoms with van der Waals surface area (Å²) in [6.45, 7) is 2.20. The Balaban J connectivity index is 1.66. The van der Waals surface area contributed by atoms with E-state index in [1.54, 1.807) is 0 Å². The predicted octanol–water partition coefficient (Wildman–Crippen LogP) is 1.93. The Morgan fingerprint density at radius 3 is 2.63 bits per heavy atom. The van der Waals surface area contributed by atoms with Crippen LogP contribution in [0.25, 0.3) is 0 Å². The molecule has 4 aliphatic rings. The van der Waals surface area contributed by atoms with Crippen LogP contribution in [0.5, 0.6) is 0 Å². The molecule has 5 unspecified atom stereocenters. The number of ether oxygens (including phenoxy) is 1. The van der Waals surface area contributed by atoms with Gasteiger partial charge in [-0.2, -0.15) is 0 Å². The quantitative estimate of drug-likeness (QED) is 0.802. The topological polar surface area (TPSA) is 55.5 Å². The van der Waals surface area contributed by atoms with Crippen LogP contribution in [0.2, 0.25) is 0 Å². The highest BCUT2D eigenvalue weighted by Gasteiger charge is 2.66. The van der Waals surface area contributed by atoms with Gasteiger partial charge in [-0.1, -0.05) is 6.42 Å². The molecule has 4 rings (SSSR count). The van der Waals surface area contributed by atoms with E-state index in [9.17, 15) is 5.11 Å². The summed E-state index contributed by atoms with van der Waals surface area (Å²) in [6.07, 6.45) is 8.37. The van der Waals surface area contributed by atoms with E-state index in [-0.39, 0.29) is 5.41 Å². The molecule has 3 N–H and O–H groups in total. The summed E-state index contributed by atoms with van der Waals surface area (Å²) in [6, 6.07) is 0. The fourth-order valence-electron chi connectivity index (χ4n) is 6.30. The Labute approximate surface area is 115 Å². The molecule has 19 heavy (non-hydrogen) atoms. The first-order chi connectivity index (χ1) is 9.20. The van der Waals surface area contributed by atoms with Gasteiger partial charge in [0.25, 0.3) is 0 Å². The SMILES string of the molecule is NCC1(C2(O)CC3CC2C2CCCC32)CCOCC1. The third kappa shape index (κ3) is 1.50. The van der Waals surface area contributed by atoms with Gasteiger partial charge in [-0.05, 0) is 62.2 Å². The minimum absolute atomic E-state index is 0.0573. The van der Waals surface area contributed by atoms with Gasteiger partial charge >= 0.3 is 0 Å². The summed E-state index contributed by atoms with van der Waals surface area (Å²) < 4.78 is 5.53. The van der Waals surface area contributed by atoms with Crippen LogP contribution >= 0.6 is 0 Å². The van der Waals surface area contributed by atoms with E-state index in [0.29, 0.717) is 12.5 Å². The molecule has 0 aromatic heterocycles. The molecule has 1 saturated heterocycles. The lowest BCUT2D eigenvalue weighted by Crippen LogP contribution is -2.59. The fourth-order valence-corrected chi connectivity index (χ4v) is 6.30. The van der Waals surface area contributed by atoms with Gasteiger partial charge in [-0.15, -0.1) is 0 Å². The van der Waals surface area contributed by atoms with Gasteiger partial charge in [-0.3, -0.25) is 0 Å². The van der Waals surface area contributed by atoms with Crippen LogP contribution in [-0.4, -0.2) is 30.5 Å². The molecule has 3 aliphatic carbocycles. The molecule has 0 amide bonds. The number of hydrogen-bond donors (Lipinski definition) is 2. The maximum Gasteiger partial charge on any atom is 0.0751 e. The highest BCUT2D eigenvalue weighted by molar-refractivity contribution is 5.16. The molecule has 108 valence electrons. The van der Waals surface area contributed by atoms with Crippen LogP contribution in [0, 0.1) is 29.1 Å². The highest BCUT2D eigenvalue weighted by Crippen LogP contribution is 2.67. The van der Waals surface area contributed by atoms with Crippen molar-refractivity contribution in [1.29, 1.82) is 0 Å². The van der Waals surface area contributed by atoms with Gasteiger partial charge in [0.15, 0.2) is 0 Å². The maximum absolute atomic E-state index is 11.6. The van der Waals surface area contributed by atoms with Crippen LogP contribution in [0.15, 0.2) is 0 Å². The first kappa shape index (κ1) is 12.6. The monoisotopic (exact) mass is 265 g/mol. The van der Waals surface area contributed by atoms with E-state index in [1.807, 2.05) is 0 Å². The molecule has 5 atom stereocenters. The third-order valence-corrected chi connectivity index (χ3v) is 7.25. The molecular weight excluding hydrogens is 238 g/mol. The van der Waals surface area contributed by atoms with Crippen molar-refractivity contribution < 1.29 is 9.84 Å². The smallest absolute Gasteiger partial charge is 0.0751 e. The van der Waals surface area contributed by atoms with E-state index in [4.69, 9.17) is 10.5 Å². The van der Waals surface area contributed by atoms with Crippen LogP contribution in [-0.2, 0) is 4.74 Å². The first-order valence-electron chi connectivity index (χ1n) is 8.20. The zero-order valence-corrected chi connectivity index (χ0v) is 11.8. The molecule has 3 nitrogen and oxygen atoms in total. The molecule has 3 saturated carbocycles. The second-order valence-electron chi connectivity index (χ2n) is 7.59. The van der Waals surface area contributed by atoms with E-state index in [1.165, 1.54) is 25.7 Å². The number of nitrogens with two attached hydrogens (primary N) is 1. The van der Waals surface area contributed by atoms with Gasteiger partial charge in [0.05, 0.1) is 5.60 Å². The second kappa shape index (κ2) is 4.19. The largest absolute Gasteiger partial charge is 0.389 e. The lowest BCUT2D eigenvalue weighted by molar-refractivity contribution is -0.171. The van der Waals surface area contributed by atoms with Crippen molar-refractivity contribution in [2.24, 2.45) is 34.8 Å². The Morgan fingerprint density at radius 2 is 1.89 bits per heavy atom. The minimum atomic E-state index is -0.484. The zero-order chi connectivity index (χ0) is 13.1. The minimum Gasteiger partial charge on any atom is -0.389 e. The average molecular weight is 265 g/mol. The van der Waals surface area contributed by atoms with Crippen LogP contribution < -0.4 is 5.73 Å². The van der Waals surface area contributed by atoms with Crippen molar-refractivity contribution in [3.63, 3.8) is 0 Å².